The number of morpholine rings is 1. The van der Waals surface area contributed by atoms with E-state index in [1.165, 1.54) is 32.2 Å². The fraction of sp³-hybridized carbons (Fsp3) is 0.952. The Morgan fingerprint density at radius 2 is 1.54 bits per heavy atom. The van der Waals surface area contributed by atoms with Gasteiger partial charge in [-0.1, -0.05) is 12.8 Å². The van der Waals surface area contributed by atoms with E-state index in [0.717, 1.165) is 58.0 Å². The minimum absolute atomic E-state index is 0.0607. The quantitative estimate of drug-likeness (QED) is 0.767. The van der Waals surface area contributed by atoms with Gasteiger partial charge in [-0.3, -0.25) is 14.6 Å². The van der Waals surface area contributed by atoms with E-state index in [0.29, 0.717) is 18.1 Å². The summed E-state index contributed by atoms with van der Waals surface area (Å²) in [5.74, 6) is 1.09. The first-order chi connectivity index (χ1) is 12.5. The fourth-order valence-electron chi connectivity index (χ4n) is 5.04. The van der Waals surface area contributed by atoms with E-state index in [1.54, 1.807) is 0 Å². The molecule has 0 aromatic heterocycles. The summed E-state index contributed by atoms with van der Waals surface area (Å²) in [5, 5.41) is 0. The average Bonchev–Trinajstić information content (AvgIpc) is 2.89. The molecule has 3 heterocycles. The molecule has 26 heavy (non-hydrogen) atoms. The fourth-order valence-corrected chi connectivity index (χ4v) is 5.04. The Balaban J connectivity index is 1.43. The number of carbonyl (C=O) groups excluding carboxylic acids is 1. The molecule has 3 rings (SSSR count). The van der Waals surface area contributed by atoms with Crippen molar-refractivity contribution < 1.29 is 9.53 Å². The SMILES string of the molecule is CC1CN(CC2CCN(C(=O)C(C)N3CCCCCC3)CC2)CC(C)O1. The molecule has 5 nitrogen and oxygen atoms in total. The first kappa shape index (κ1) is 20.1. The summed E-state index contributed by atoms with van der Waals surface area (Å²) in [5.41, 5.74) is 0. The van der Waals surface area contributed by atoms with Gasteiger partial charge in [-0.25, -0.2) is 0 Å². The largest absolute Gasteiger partial charge is 0.373 e. The number of hydrogen-bond donors (Lipinski definition) is 0. The van der Waals surface area contributed by atoms with Crippen LogP contribution < -0.4 is 0 Å². The molecule has 3 unspecified atom stereocenters. The highest BCUT2D eigenvalue weighted by atomic mass is 16.5. The monoisotopic (exact) mass is 365 g/mol. The molecule has 0 aromatic carbocycles. The number of carbonyl (C=O) groups is 1. The van der Waals surface area contributed by atoms with Crippen LogP contribution in [0, 0.1) is 5.92 Å². The van der Waals surface area contributed by atoms with Gasteiger partial charge < -0.3 is 9.64 Å². The Morgan fingerprint density at radius 1 is 0.962 bits per heavy atom. The molecule has 0 radical (unpaired) electrons. The van der Waals surface area contributed by atoms with Crippen molar-refractivity contribution in [3.05, 3.63) is 0 Å². The number of nitrogens with zero attached hydrogens (tertiary/aromatic N) is 3. The topological polar surface area (TPSA) is 36.0 Å². The van der Waals surface area contributed by atoms with E-state index in [-0.39, 0.29) is 6.04 Å². The van der Waals surface area contributed by atoms with Crippen LogP contribution in [-0.4, -0.2) is 84.7 Å². The molecule has 3 aliphatic rings. The van der Waals surface area contributed by atoms with Crippen LogP contribution in [0.3, 0.4) is 0 Å². The highest BCUT2D eigenvalue weighted by molar-refractivity contribution is 5.81. The number of ether oxygens (including phenoxy) is 1. The Labute approximate surface area is 160 Å². The van der Waals surface area contributed by atoms with Gasteiger partial charge >= 0.3 is 0 Å². The second-order valence-electron chi connectivity index (χ2n) is 8.87. The maximum atomic E-state index is 12.9. The van der Waals surface area contributed by atoms with E-state index in [2.05, 4.69) is 35.5 Å². The zero-order chi connectivity index (χ0) is 18.5. The van der Waals surface area contributed by atoms with Crippen LogP contribution in [0.2, 0.25) is 0 Å². The summed E-state index contributed by atoms with van der Waals surface area (Å²) in [6.45, 7) is 13.8. The third kappa shape index (κ3) is 5.43. The van der Waals surface area contributed by atoms with Gasteiger partial charge in [0.1, 0.15) is 0 Å². The van der Waals surface area contributed by atoms with Gasteiger partial charge in [-0.2, -0.15) is 0 Å². The molecule has 150 valence electrons. The summed E-state index contributed by atoms with van der Waals surface area (Å²) in [7, 11) is 0. The lowest BCUT2D eigenvalue weighted by atomic mass is 9.95. The van der Waals surface area contributed by atoms with Crippen molar-refractivity contribution in [1.29, 1.82) is 0 Å². The normalized spacial score (nSPS) is 31.6. The summed E-state index contributed by atoms with van der Waals surface area (Å²) in [6, 6.07) is 0.0607. The highest BCUT2D eigenvalue weighted by Crippen LogP contribution is 2.22. The van der Waals surface area contributed by atoms with Crippen LogP contribution >= 0.6 is 0 Å². The molecule has 3 aliphatic heterocycles. The molecule has 1 amide bonds. The lowest BCUT2D eigenvalue weighted by Gasteiger charge is -2.40. The minimum atomic E-state index is 0.0607. The molecule has 0 aliphatic carbocycles. The molecule has 0 aromatic rings. The molecular formula is C21H39N3O2. The van der Waals surface area contributed by atoms with Gasteiger partial charge in [0.2, 0.25) is 5.91 Å². The summed E-state index contributed by atoms with van der Waals surface area (Å²) < 4.78 is 5.85. The van der Waals surface area contributed by atoms with Gasteiger partial charge in [0.05, 0.1) is 18.2 Å². The maximum absolute atomic E-state index is 12.9. The van der Waals surface area contributed by atoms with Crippen LogP contribution in [-0.2, 0) is 9.53 Å². The summed E-state index contributed by atoms with van der Waals surface area (Å²) in [6.07, 6.45) is 8.12. The molecule has 0 saturated carbocycles. The lowest BCUT2D eigenvalue weighted by Crippen LogP contribution is -2.51. The maximum Gasteiger partial charge on any atom is 0.239 e. The van der Waals surface area contributed by atoms with Gasteiger partial charge in [0.25, 0.3) is 0 Å². The number of likely N-dealkylation sites (tertiary alicyclic amines) is 2. The Kier molecular flexibility index (Phi) is 7.35. The van der Waals surface area contributed by atoms with Gasteiger partial charge in [0.15, 0.2) is 0 Å². The molecular weight excluding hydrogens is 326 g/mol. The smallest absolute Gasteiger partial charge is 0.239 e. The first-order valence-electron chi connectivity index (χ1n) is 10.9. The van der Waals surface area contributed by atoms with Crippen molar-refractivity contribution in [3.8, 4) is 0 Å². The summed E-state index contributed by atoms with van der Waals surface area (Å²) >= 11 is 0. The highest BCUT2D eigenvalue weighted by Gasteiger charge is 2.31. The number of piperidine rings is 1. The number of rotatable bonds is 4. The van der Waals surface area contributed by atoms with E-state index in [9.17, 15) is 4.79 Å². The summed E-state index contributed by atoms with van der Waals surface area (Å²) in [4.78, 5) is 20.1. The number of hydrogen-bond acceptors (Lipinski definition) is 4. The molecule has 0 spiro atoms. The third-order valence-corrected chi connectivity index (χ3v) is 6.48. The van der Waals surface area contributed by atoms with Crippen LogP contribution in [0.25, 0.3) is 0 Å². The van der Waals surface area contributed by atoms with Crippen molar-refractivity contribution in [2.75, 3.05) is 45.8 Å². The van der Waals surface area contributed by atoms with E-state index in [1.807, 2.05) is 0 Å². The second-order valence-corrected chi connectivity index (χ2v) is 8.87. The zero-order valence-electron chi connectivity index (χ0n) is 17.2. The van der Waals surface area contributed by atoms with E-state index in [4.69, 9.17) is 4.74 Å². The predicted octanol–water partition coefficient (Wildman–Crippen LogP) is 2.60. The van der Waals surface area contributed by atoms with E-state index < -0.39 is 0 Å². The van der Waals surface area contributed by atoms with Crippen LogP contribution in [0.1, 0.15) is 59.3 Å². The van der Waals surface area contributed by atoms with Crippen LogP contribution in [0.5, 0.6) is 0 Å². The zero-order valence-corrected chi connectivity index (χ0v) is 17.2. The first-order valence-corrected chi connectivity index (χ1v) is 10.9. The van der Waals surface area contributed by atoms with Gasteiger partial charge in [-0.15, -0.1) is 0 Å². The van der Waals surface area contributed by atoms with Crippen LogP contribution in [0.4, 0.5) is 0 Å². The van der Waals surface area contributed by atoms with E-state index >= 15 is 0 Å². The molecule has 3 saturated heterocycles. The molecule has 3 fully saturated rings. The number of amides is 1. The van der Waals surface area contributed by atoms with Crippen molar-refractivity contribution >= 4 is 5.91 Å². The second kappa shape index (κ2) is 9.52. The Hall–Kier alpha value is -0.650. The minimum Gasteiger partial charge on any atom is -0.373 e. The van der Waals surface area contributed by atoms with Gasteiger partial charge in [-0.05, 0) is 65.5 Å². The van der Waals surface area contributed by atoms with Crippen molar-refractivity contribution in [2.24, 2.45) is 5.92 Å². The van der Waals surface area contributed by atoms with Crippen LogP contribution in [0.15, 0.2) is 0 Å². The average molecular weight is 366 g/mol. The molecule has 5 heteroatoms. The predicted molar refractivity (Wildman–Crippen MR) is 105 cm³/mol. The standard InChI is InChI=1S/C21H39N3O2/c1-17-14-22(15-18(2)26-17)16-20-8-12-24(13-9-20)21(25)19(3)23-10-6-4-5-7-11-23/h17-20H,4-16H2,1-3H3. The molecule has 0 bridgehead atoms. The Bertz CT molecular complexity index is 433. The molecule has 3 atom stereocenters. The van der Waals surface area contributed by atoms with Crippen molar-refractivity contribution in [1.82, 2.24) is 14.7 Å². The van der Waals surface area contributed by atoms with Crippen molar-refractivity contribution in [2.45, 2.75) is 77.5 Å². The van der Waals surface area contributed by atoms with Gasteiger partial charge in [0, 0.05) is 32.7 Å². The van der Waals surface area contributed by atoms with Crippen molar-refractivity contribution in [3.63, 3.8) is 0 Å². The lowest BCUT2D eigenvalue weighted by molar-refractivity contribution is -0.138. The molecule has 0 N–H and O–H groups in total. The third-order valence-electron chi connectivity index (χ3n) is 6.48. The Morgan fingerprint density at radius 3 is 2.12 bits per heavy atom.